The van der Waals surface area contributed by atoms with Crippen molar-refractivity contribution in [3.63, 3.8) is 0 Å². The molecule has 1 fully saturated rings. The van der Waals surface area contributed by atoms with Gasteiger partial charge in [-0.25, -0.2) is 0 Å². The molecule has 162 valence electrons. The number of aryl methyl sites for hydroxylation is 1. The van der Waals surface area contributed by atoms with Crippen molar-refractivity contribution in [1.29, 1.82) is 0 Å². The number of hydrogen-bond acceptors (Lipinski definition) is 5. The summed E-state index contributed by atoms with van der Waals surface area (Å²) in [7, 11) is 0. The summed E-state index contributed by atoms with van der Waals surface area (Å²) in [6, 6.07) is 8.68. The van der Waals surface area contributed by atoms with Gasteiger partial charge in [0.2, 0.25) is 5.79 Å². The first-order valence-electron chi connectivity index (χ1n) is 9.68. The number of hydrogen-bond donors (Lipinski definition) is 3. The predicted octanol–water partition coefficient (Wildman–Crippen LogP) is 2.79. The van der Waals surface area contributed by atoms with Gasteiger partial charge >= 0.3 is 6.18 Å². The third-order valence-electron chi connectivity index (χ3n) is 5.96. The lowest BCUT2D eigenvalue weighted by atomic mass is 9.85. The minimum atomic E-state index is -4.39. The molecule has 5 atom stereocenters. The van der Waals surface area contributed by atoms with Crippen molar-refractivity contribution in [2.45, 2.75) is 63.3 Å². The van der Waals surface area contributed by atoms with Crippen molar-refractivity contribution in [2.24, 2.45) is 0 Å². The van der Waals surface area contributed by atoms with Crippen LogP contribution in [0, 0.1) is 6.92 Å². The molecule has 0 bridgehead atoms. The molecule has 2 aliphatic heterocycles. The zero-order chi connectivity index (χ0) is 21.8. The largest absolute Gasteiger partial charge is 0.416 e. The average molecular weight is 424 g/mol. The smallest absolute Gasteiger partial charge is 0.388 e. The molecule has 8 heteroatoms. The van der Waals surface area contributed by atoms with Crippen molar-refractivity contribution < 1.29 is 38.0 Å². The first kappa shape index (κ1) is 21.3. The molecular formula is C22H23F3O5. The SMILES string of the molecule is Cc1cc2c(cc1Cc1ccc(C(F)(F)F)cc1)[C@]1(OC2)O[C@H](C)[C@@H](O)[C@H](O)[C@H]1O. The number of aliphatic hydroxyl groups is 3. The Morgan fingerprint density at radius 1 is 1.07 bits per heavy atom. The molecule has 0 radical (unpaired) electrons. The Kier molecular flexibility index (Phi) is 5.19. The fourth-order valence-electron chi connectivity index (χ4n) is 4.19. The van der Waals surface area contributed by atoms with E-state index in [1.165, 1.54) is 12.1 Å². The molecule has 2 aromatic carbocycles. The van der Waals surface area contributed by atoms with Gasteiger partial charge in [0, 0.05) is 5.56 Å². The molecule has 0 amide bonds. The van der Waals surface area contributed by atoms with Crippen LogP contribution >= 0.6 is 0 Å². The van der Waals surface area contributed by atoms with Crippen LogP contribution in [0.5, 0.6) is 0 Å². The van der Waals surface area contributed by atoms with Gasteiger partial charge in [0.25, 0.3) is 0 Å². The topological polar surface area (TPSA) is 79.2 Å². The summed E-state index contributed by atoms with van der Waals surface area (Å²) in [5, 5.41) is 30.9. The summed E-state index contributed by atoms with van der Waals surface area (Å²) in [5.41, 5.74) is 3.10. The lowest BCUT2D eigenvalue weighted by molar-refractivity contribution is -0.362. The molecular weight excluding hydrogens is 401 g/mol. The highest BCUT2D eigenvalue weighted by Gasteiger charge is 2.57. The van der Waals surface area contributed by atoms with Crippen molar-refractivity contribution in [1.82, 2.24) is 0 Å². The molecule has 1 spiro atoms. The quantitative estimate of drug-likeness (QED) is 0.691. The third-order valence-corrected chi connectivity index (χ3v) is 5.96. The molecule has 5 nitrogen and oxygen atoms in total. The lowest BCUT2D eigenvalue weighted by Crippen LogP contribution is -2.62. The Labute approximate surface area is 171 Å². The zero-order valence-corrected chi connectivity index (χ0v) is 16.5. The highest BCUT2D eigenvalue weighted by molar-refractivity contribution is 5.45. The number of halogens is 3. The second-order valence-electron chi connectivity index (χ2n) is 8.01. The molecule has 4 rings (SSSR count). The summed E-state index contributed by atoms with van der Waals surface area (Å²) in [6.07, 6.45) is -8.97. The minimum absolute atomic E-state index is 0.170. The zero-order valence-electron chi connectivity index (χ0n) is 16.5. The van der Waals surface area contributed by atoms with E-state index in [2.05, 4.69) is 0 Å². The minimum Gasteiger partial charge on any atom is -0.388 e. The fourth-order valence-corrected chi connectivity index (χ4v) is 4.19. The van der Waals surface area contributed by atoms with Gasteiger partial charge in [-0.2, -0.15) is 13.2 Å². The molecule has 3 N–H and O–H groups in total. The number of fused-ring (bicyclic) bond motifs is 2. The number of benzene rings is 2. The van der Waals surface area contributed by atoms with E-state index < -0.39 is 41.9 Å². The average Bonchev–Trinajstić information content (AvgIpc) is 3.03. The standard InChI is InChI=1S/C22H23F3O5/c1-11-7-15-10-29-21(20(28)19(27)18(26)12(2)30-21)17(15)9-14(11)8-13-3-5-16(6-4-13)22(23,24)25/h3-7,9,12,18-20,26-28H,8,10H2,1-2H3/t12-,18-,19+,20-,21+/m1/s1. The van der Waals surface area contributed by atoms with Crippen molar-refractivity contribution >= 4 is 0 Å². The molecule has 0 aromatic heterocycles. The van der Waals surface area contributed by atoms with Gasteiger partial charge in [-0.05, 0) is 60.7 Å². The normalized spacial score (nSPS) is 31.2. The van der Waals surface area contributed by atoms with E-state index in [1.807, 2.05) is 13.0 Å². The Bertz CT molecular complexity index is 943. The van der Waals surface area contributed by atoms with Crippen LogP contribution in [0.25, 0.3) is 0 Å². The van der Waals surface area contributed by atoms with E-state index in [-0.39, 0.29) is 6.61 Å². The maximum Gasteiger partial charge on any atom is 0.416 e. The van der Waals surface area contributed by atoms with E-state index in [4.69, 9.17) is 9.47 Å². The van der Waals surface area contributed by atoms with Gasteiger partial charge in [0.1, 0.15) is 18.3 Å². The molecule has 2 aromatic rings. The van der Waals surface area contributed by atoms with Crippen LogP contribution in [0.1, 0.15) is 40.3 Å². The van der Waals surface area contributed by atoms with Crippen LogP contribution in [-0.2, 0) is 34.5 Å². The molecule has 0 aliphatic carbocycles. The number of aliphatic hydroxyl groups excluding tert-OH is 3. The second kappa shape index (κ2) is 7.32. The number of alkyl halides is 3. The van der Waals surface area contributed by atoms with Crippen LogP contribution in [0.2, 0.25) is 0 Å². The van der Waals surface area contributed by atoms with Crippen LogP contribution in [0.15, 0.2) is 36.4 Å². The molecule has 0 saturated carbocycles. The van der Waals surface area contributed by atoms with Crippen molar-refractivity contribution in [2.75, 3.05) is 0 Å². The van der Waals surface area contributed by atoms with Gasteiger partial charge in [-0.1, -0.05) is 18.2 Å². The van der Waals surface area contributed by atoms with E-state index >= 15 is 0 Å². The highest BCUT2D eigenvalue weighted by Crippen LogP contribution is 2.46. The third kappa shape index (κ3) is 3.42. The molecule has 30 heavy (non-hydrogen) atoms. The monoisotopic (exact) mass is 424 g/mol. The Balaban J connectivity index is 1.68. The van der Waals surface area contributed by atoms with Crippen LogP contribution < -0.4 is 0 Å². The van der Waals surface area contributed by atoms with E-state index in [0.717, 1.165) is 28.8 Å². The molecule has 2 heterocycles. The maximum atomic E-state index is 12.8. The van der Waals surface area contributed by atoms with Gasteiger partial charge < -0.3 is 24.8 Å². The number of ether oxygens (including phenoxy) is 2. The van der Waals surface area contributed by atoms with Crippen LogP contribution in [0.3, 0.4) is 0 Å². The van der Waals surface area contributed by atoms with Crippen LogP contribution in [0.4, 0.5) is 13.2 Å². The first-order chi connectivity index (χ1) is 14.0. The second-order valence-corrected chi connectivity index (χ2v) is 8.01. The molecule has 0 unspecified atom stereocenters. The number of rotatable bonds is 2. The Morgan fingerprint density at radius 2 is 1.73 bits per heavy atom. The van der Waals surface area contributed by atoms with E-state index in [9.17, 15) is 28.5 Å². The van der Waals surface area contributed by atoms with E-state index in [0.29, 0.717) is 17.5 Å². The first-order valence-corrected chi connectivity index (χ1v) is 9.68. The van der Waals surface area contributed by atoms with Gasteiger partial charge in [-0.3, -0.25) is 0 Å². The lowest BCUT2D eigenvalue weighted by Gasteiger charge is -2.45. The van der Waals surface area contributed by atoms with Crippen molar-refractivity contribution in [3.8, 4) is 0 Å². The summed E-state index contributed by atoms with van der Waals surface area (Å²) in [5.74, 6) is -1.60. The van der Waals surface area contributed by atoms with Gasteiger partial charge in [-0.15, -0.1) is 0 Å². The Hall–Kier alpha value is -1.97. The molecule has 2 aliphatic rings. The fraction of sp³-hybridized carbons (Fsp3) is 0.455. The van der Waals surface area contributed by atoms with Crippen LogP contribution in [-0.4, -0.2) is 39.7 Å². The summed E-state index contributed by atoms with van der Waals surface area (Å²) >= 11 is 0. The molecule has 1 saturated heterocycles. The maximum absolute atomic E-state index is 12.8. The summed E-state index contributed by atoms with van der Waals surface area (Å²) in [4.78, 5) is 0. The predicted molar refractivity (Wildman–Crippen MR) is 100 cm³/mol. The Morgan fingerprint density at radius 3 is 2.37 bits per heavy atom. The summed E-state index contributed by atoms with van der Waals surface area (Å²) < 4.78 is 50.0. The highest BCUT2D eigenvalue weighted by atomic mass is 19.4. The van der Waals surface area contributed by atoms with Gasteiger partial charge in [0.15, 0.2) is 0 Å². The van der Waals surface area contributed by atoms with Gasteiger partial charge in [0.05, 0.1) is 18.3 Å². The summed E-state index contributed by atoms with van der Waals surface area (Å²) in [6.45, 7) is 3.65. The van der Waals surface area contributed by atoms with E-state index in [1.54, 1.807) is 13.0 Å². The van der Waals surface area contributed by atoms with Crippen molar-refractivity contribution in [3.05, 3.63) is 69.8 Å².